The second-order valence-corrected chi connectivity index (χ2v) is 6.99. The number of nitrogens with one attached hydrogen (secondary N) is 1. The summed E-state index contributed by atoms with van der Waals surface area (Å²) >= 11 is 0. The first kappa shape index (κ1) is 21.3. The molecule has 1 saturated heterocycles. The van der Waals surface area contributed by atoms with E-state index in [1.807, 2.05) is 4.90 Å². The molecule has 27 heavy (non-hydrogen) atoms. The normalized spacial score (nSPS) is 15.5. The lowest BCUT2D eigenvalue weighted by atomic mass is 10.2. The van der Waals surface area contributed by atoms with E-state index in [4.69, 9.17) is 0 Å². The van der Waals surface area contributed by atoms with E-state index in [0.717, 1.165) is 52.1 Å². The molecule has 150 valence electrons. The number of carbonyl (C=O) groups excluding carboxylic acids is 2. The highest BCUT2D eigenvalue weighted by Gasteiger charge is 2.22. The zero-order valence-electron chi connectivity index (χ0n) is 16.4. The van der Waals surface area contributed by atoms with Crippen molar-refractivity contribution in [3.8, 4) is 0 Å². The second kappa shape index (κ2) is 11.0. The fourth-order valence-electron chi connectivity index (χ4n) is 3.23. The predicted octanol–water partition coefficient (Wildman–Crippen LogP) is 2.03. The Kier molecular flexibility index (Phi) is 8.67. The molecule has 2 amide bonds. The summed E-state index contributed by atoms with van der Waals surface area (Å²) in [6.07, 6.45) is 1.95. The molecule has 6 nitrogen and oxygen atoms in total. The Morgan fingerprint density at radius 3 is 2.00 bits per heavy atom. The molecule has 0 unspecified atom stereocenters. The van der Waals surface area contributed by atoms with Gasteiger partial charge in [-0.1, -0.05) is 13.8 Å². The van der Waals surface area contributed by atoms with E-state index in [1.54, 1.807) is 12.1 Å². The number of nitrogens with zero attached hydrogens (tertiary/aromatic N) is 3. The molecule has 1 aliphatic rings. The molecular formula is C20H31FN4O2. The molecular weight excluding hydrogens is 347 g/mol. The molecule has 1 aromatic rings. The number of rotatable bonds is 9. The van der Waals surface area contributed by atoms with Crippen molar-refractivity contribution in [3.05, 3.63) is 30.1 Å². The van der Waals surface area contributed by atoms with E-state index in [0.29, 0.717) is 18.8 Å². The quantitative estimate of drug-likeness (QED) is 0.714. The van der Waals surface area contributed by atoms with Crippen molar-refractivity contribution in [1.82, 2.24) is 14.7 Å². The molecule has 2 rings (SSSR count). The highest BCUT2D eigenvalue weighted by molar-refractivity contribution is 5.92. The van der Waals surface area contributed by atoms with E-state index in [9.17, 15) is 14.0 Å². The zero-order chi connectivity index (χ0) is 19.6. The van der Waals surface area contributed by atoms with Gasteiger partial charge in [0.05, 0.1) is 13.1 Å². The van der Waals surface area contributed by atoms with Gasteiger partial charge >= 0.3 is 0 Å². The minimum Gasteiger partial charge on any atom is -0.342 e. The largest absolute Gasteiger partial charge is 0.342 e. The smallest absolute Gasteiger partial charge is 0.238 e. The summed E-state index contributed by atoms with van der Waals surface area (Å²) in [4.78, 5) is 30.8. The molecule has 1 aliphatic heterocycles. The maximum atomic E-state index is 12.9. The Morgan fingerprint density at radius 2 is 1.48 bits per heavy atom. The highest BCUT2D eigenvalue weighted by Crippen LogP contribution is 2.09. The van der Waals surface area contributed by atoms with Gasteiger partial charge in [-0.05, 0) is 37.1 Å². The van der Waals surface area contributed by atoms with Crippen molar-refractivity contribution in [2.75, 3.05) is 57.7 Å². The number of hydrogen-bond acceptors (Lipinski definition) is 4. The maximum Gasteiger partial charge on any atom is 0.238 e. The van der Waals surface area contributed by atoms with Gasteiger partial charge in [0.2, 0.25) is 11.8 Å². The van der Waals surface area contributed by atoms with Crippen LogP contribution in [0.4, 0.5) is 10.1 Å². The Labute approximate surface area is 161 Å². The van der Waals surface area contributed by atoms with Crippen LogP contribution in [-0.2, 0) is 9.59 Å². The van der Waals surface area contributed by atoms with E-state index >= 15 is 0 Å². The second-order valence-electron chi connectivity index (χ2n) is 6.99. The third-order valence-electron chi connectivity index (χ3n) is 4.66. The molecule has 0 radical (unpaired) electrons. The molecule has 0 aliphatic carbocycles. The van der Waals surface area contributed by atoms with Crippen LogP contribution in [0.15, 0.2) is 24.3 Å². The zero-order valence-corrected chi connectivity index (χ0v) is 16.4. The number of hydrogen-bond donors (Lipinski definition) is 1. The lowest BCUT2D eigenvalue weighted by Gasteiger charge is -2.35. The van der Waals surface area contributed by atoms with E-state index in [2.05, 4.69) is 29.0 Å². The van der Waals surface area contributed by atoms with Crippen LogP contribution in [-0.4, -0.2) is 78.9 Å². The molecule has 1 N–H and O–H groups in total. The first-order chi connectivity index (χ1) is 13.0. The van der Waals surface area contributed by atoms with E-state index in [1.165, 1.54) is 12.1 Å². The highest BCUT2D eigenvalue weighted by atomic mass is 19.1. The van der Waals surface area contributed by atoms with Gasteiger partial charge in [-0.25, -0.2) is 4.39 Å². The minimum absolute atomic E-state index is 0.108. The third kappa shape index (κ3) is 7.27. The average molecular weight is 378 g/mol. The van der Waals surface area contributed by atoms with Crippen molar-refractivity contribution in [1.29, 1.82) is 0 Å². The van der Waals surface area contributed by atoms with Crippen molar-refractivity contribution in [2.24, 2.45) is 0 Å². The molecule has 7 heteroatoms. The fraction of sp³-hybridized carbons (Fsp3) is 0.600. The molecule has 1 heterocycles. The van der Waals surface area contributed by atoms with Crippen LogP contribution in [0, 0.1) is 5.82 Å². The third-order valence-corrected chi connectivity index (χ3v) is 4.66. The Balaban J connectivity index is 1.72. The van der Waals surface area contributed by atoms with Gasteiger partial charge in [0, 0.05) is 45.0 Å². The summed E-state index contributed by atoms with van der Waals surface area (Å²) < 4.78 is 12.9. The molecule has 0 saturated carbocycles. The van der Waals surface area contributed by atoms with Crippen molar-refractivity contribution in [2.45, 2.75) is 26.7 Å². The van der Waals surface area contributed by atoms with Crippen LogP contribution in [0.25, 0.3) is 0 Å². The monoisotopic (exact) mass is 378 g/mol. The van der Waals surface area contributed by atoms with Crippen molar-refractivity contribution in [3.63, 3.8) is 0 Å². The van der Waals surface area contributed by atoms with Gasteiger partial charge in [-0.3, -0.25) is 19.4 Å². The van der Waals surface area contributed by atoms with Gasteiger partial charge < -0.3 is 10.2 Å². The topological polar surface area (TPSA) is 55.9 Å². The molecule has 0 bridgehead atoms. The van der Waals surface area contributed by atoms with Gasteiger partial charge in [0.15, 0.2) is 0 Å². The molecule has 0 atom stereocenters. The first-order valence-corrected chi connectivity index (χ1v) is 9.79. The van der Waals surface area contributed by atoms with Crippen molar-refractivity contribution < 1.29 is 14.0 Å². The lowest BCUT2D eigenvalue weighted by molar-refractivity contribution is -0.133. The number of halogens is 1. The molecule has 1 fully saturated rings. The van der Waals surface area contributed by atoms with Gasteiger partial charge in [-0.2, -0.15) is 0 Å². The van der Waals surface area contributed by atoms with Crippen LogP contribution in [0.5, 0.6) is 0 Å². The van der Waals surface area contributed by atoms with Crippen LogP contribution in [0.3, 0.4) is 0 Å². The Bertz CT molecular complexity index is 595. The summed E-state index contributed by atoms with van der Waals surface area (Å²) in [5, 5.41) is 2.78. The summed E-state index contributed by atoms with van der Waals surface area (Å²) in [5.41, 5.74) is 0.595. The number of carbonyl (C=O) groups is 2. The standard InChI is InChI=1S/C20H31FN4O2/c1-3-9-25(10-4-2)20(27)16-24-13-11-23(12-14-24)15-19(26)22-18-7-5-17(21)6-8-18/h5-8H,3-4,9-16H2,1-2H3,(H,22,26). The van der Waals surface area contributed by atoms with Crippen LogP contribution < -0.4 is 5.32 Å². The summed E-state index contributed by atoms with van der Waals surface area (Å²) in [5.74, 6) is -0.237. The predicted molar refractivity (Wildman–Crippen MR) is 105 cm³/mol. The Morgan fingerprint density at radius 1 is 0.963 bits per heavy atom. The Hall–Kier alpha value is -1.99. The summed E-state index contributed by atoms with van der Waals surface area (Å²) in [7, 11) is 0. The SMILES string of the molecule is CCCN(CCC)C(=O)CN1CCN(CC(=O)Nc2ccc(F)cc2)CC1. The number of amides is 2. The summed E-state index contributed by atoms with van der Waals surface area (Å²) in [6, 6.07) is 5.75. The molecule has 0 aromatic heterocycles. The van der Waals surface area contributed by atoms with Gasteiger partial charge in [-0.15, -0.1) is 0 Å². The lowest BCUT2D eigenvalue weighted by Crippen LogP contribution is -2.51. The number of benzene rings is 1. The van der Waals surface area contributed by atoms with Crippen LogP contribution in [0.2, 0.25) is 0 Å². The van der Waals surface area contributed by atoms with Crippen LogP contribution in [0.1, 0.15) is 26.7 Å². The molecule has 1 aromatic carbocycles. The summed E-state index contributed by atoms with van der Waals surface area (Å²) in [6.45, 7) is 9.64. The van der Waals surface area contributed by atoms with E-state index in [-0.39, 0.29) is 17.6 Å². The number of piperazine rings is 1. The first-order valence-electron chi connectivity index (χ1n) is 9.79. The average Bonchev–Trinajstić information content (AvgIpc) is 2.65. The number of anilines is 1. The minimum atomic E-state index is -0.324. The van der Waals surface area contributed by atoms with Gasteiger partial charge in [0.25, 0.3) is 0 Å². The molecule has 0 spiro atoms. The van der Waals surface area contributed by atoms with Gasteiger partial charge in [0.1, 0.15) is 5.82 Å². The van der Waals surface area contributed by atoms with Crippen molar-refractivity contribution >= 4 is 17.5 Å². The maximum absolute atomic E-state index is 12.9. The van der Waals surface area contributed by atoms with Crippen LogP contribution >= 0.6 is 0 Å². The fourth-order valence-corrected chi connectivity index (χ4v) is 3.23. The van der Waals surface area contributed by atoms with E-state index < -0.39 is 0 Å².